The van der Waals surface area contributed by atoms with Gasteiger partial charge in [-0.1, -0.05) is 60.7 Å². The third kappa shape index (κ3) is 3.39. The summed E-state index contributed by atoms with van der Waals surface area (Å²) in [7, 11) is 0. The molecule has 3 heteroatoms. The molecule has 0 aliphatic heterocycles. The zero-order chi connectivity index (χ0) is 16.1. The van der Waals surface area contributed by atoms with Crippen molar-refractivity contribution in [2.75, 3.05) is 6.54 Å². The number of rotatable bonds is 5. The third-order valence-corrected chi connectivity index (χ3v) is 4.76. The summed E-state index contributed by atoms with van der Waals surface area (Å²) in [5.41, 5.74) is 2.20. The van der Waals surface area contributed by atoms with Gasteiger partial charge in [-0.15, -0.1) is 0 Å². The maximum absolute atomic E-state index is 12.8. The number of urea groups is 1. The smallest absolute Gasteiger partial charge is 0.318 e. The standard InChI is InChI=1S/C20H24N2O/c1-2-22(16-17-10-5-3-6-11-17)19(23)21-20(14-9-15-20)18-12-7-4-8-13-18/h3-8,10-13H,2,9,14-16H2,1H3,(H,21,23). The largest absolute Gasteiger partial charge is 0.328 e. The van der Waals surface area contributed by atoms with E-state index in [9.17, 15) is 4.79 Å². The van der Waals surface area contributed by atoms with E-state index in [1.807, 2.05) is 48.2 Å². The average Bonchev–Trinajstić information content (AvgIpc) is 2.57. The zero-order valence-electron chi connectivity index (χ0n) is 13.7. The second kappa shape index (κ2) is 6.86. The Labute approximate surface area is 138 Å². The Bertz CT molecular complexity index is 635. The number of amides is 2. The van der Waals surface area contributed by atoms with Gasteiger partial charge in [0.1, 0.15) is 0 Å². The van der Waals surface area contributed by atoms with Crippen LogP contribution in [0.4, 0.5) is 4.79 Å². The Balaban J connectivity index is 1.71. The number of benzene rings is 2. The van der Waals surface area contributed by atoms with Gasteiger partial charge < -0.3 is 10.2 Å². The van der Waals surface area contributed by atoms with Crippen molar-refractivity contribution in [1.29, 1.82) is 0 Å². The van der Waals surface area contributed by atoms with E-state index in [4.69, 9.17) is 0 Å². The van der Waals surface area contributed by atoms with E-state index in [2.05, 4.69) is 29.6 Å². The molecule has 0 aromatic heterocycles. The molecule has 120 valence electrons. The highest BCUT2D eigenvalue weighted by atomic mass is 16.2. The van der Waals surface area contributed by atoms with E-state index in [0.717, 1.165) is 18.4 Å². The lowest BCUT2D eigenvalue weighted by Gasteiger charge is -2.44. The Morgan fingerprint density at radius 3 is 2.17 bits per heavy atom. The van der Waals surface area contributed by atoms with Crippen LogP contribution in [-0.2, 0) is 12.1 Å². The second-order valence-corrected chi connectivity index (χ2v) is 6.23. The van der Waals surface area contributed by atoms with Crippen molar-refractivity contribution in [1.82, 2.24) is 10.2 Å². The molecule has 0 bridgehead atoms. The monoisotopic (exact) mass is 308 g/mol. The van der Waals surface area contributed by atoms with E-state index in [1.54, 1.807) is 0 Å². The van der Waals surface area contributed by atoms with Crippen LogP contribution in [0.3, 0.4) is 0 Å². The Morgan fingerprint density at radius 1 is 1.04 bits per heavy atom. The molecule has 0 spiro atoms. The van der Waals surface area contributed by atoms with Gasteiger partial charge in [0.2, 0.25) is 0 Å². The first-order valence-electron chi connectivity index (χ1n) is 8.40. The molecule has 3 rings (SSSR count). The lowest BCUT2D eigenvalue weighted by molar-refractivity contribution is 0.149. The van der Waals surface area contributed by atoms with Crippen molar-refractivity contribution in [3.8, 4) is 0 Å². The van der Waals surface area contributed by atoms with Crippen LogP contribution < -0.4 is 5.32 Å². The first kappa shape index (κ1) is 15.6. The van der Waals surface area contributed by atoms with Crippen LogP contribution in [0.25, 0.3) is 0 Å². The molecule has 0 radical (unpaired) electrons. The highest BCUT2D eigenvalue weighted by Crippen LogP contribution is 2.41. The average molecular weight is 308 g/mol. The summed E-state index contributed by atoms with van der Waals surface area (Å²) in [6, 6.07) is 20.5. The number of hydrogen-bond donors (Lipinski definition) is 1. The fraction of sp³-hybridized carbons (Fsp3) is 0.350. The zero-order valence-corrected chi connectivity index (χ0v) is 13.7. The summed E-state index contributed by atoms with van der Waals surface area (Å²) in [4.78, 5) is 14.6. The molecule has 3 nitrogen and oxygen atoms in total. The summed E-state index contributed by atoms with van der Waals surface area (Å²) in [6.45, 7) is 3.37. The summed E-state index contributed by atoms with van der Waals surface area (Å²) < 4.78 is 0. The van der Waals surface area contributed by atoms with Crippen LogP contribution in [0.1, 0.15) is 37.3 Å². The van der Waals surface area contributed by atoms with Gasteiger partial charge in [0, 0.05) is 13.1 Å². The Kier molecular flexibility index (Phi) is 4.65. The number of hydrogen-bond acceptors (Lipinski definition) is 1. The lowest BCUT2D eigenvalue weighted by Crippen LogP contribution is -2.54. The maximum atomic E-state index is 12.8. The number of nitrogens with zero attached hydrogens (tertiary/aromatic N) is 1. The van der Waals surface area contributed by atoms with Gasteiger partial charge in [-0.25, -0.2) is 4.79 Å². The highest BCUT2D eigenvalue weighted by Gasteiger charge is 2.40. The van der Waals surface area contributed by atoms with Crippen molar-refractivity contribution in [3.63, 3.8) is 0 Å². The molecule has 0 unspecified atom stereocenters. The van der Waals surface area contributed by atoms with Crippen LogP contribution in [0.2, 0.25) is 0 Å². The first-order chi connectivity index (χ1) is 11.2. The topological polar surface area (TPSA) is 32.3 Å². The van der Waals surface area contributed by atoms with Gasteiger partial charge in [0.05, 0.1) is 5.54 Å². The van der Waals surface area contributed by atoms with Crippen molar-refractivity contribution in [3.05, 3.63) is 71.8 Å². The normalized spacial score (nSPS) is 15.5. The Hall–Kier alpha value is -2.29. The molecule has 2 amide bonds. The summed E-state index contributed by atoms with van der Waals surface area (Å²) in [6.07, 6.45) is 3.21. The predicted molar refractivity (Wildman–Crippen MR) is 93.0 cm³/mol. The second-order valence-electron chi connectivity index (χ2n) is 6.23. The molecule has 0 atom stereocenters. The van der Waals surface area contributed by atoms with E-state index < -0.39 is 0 Å². The van der Waals surface area contributed by atoms with Crippen LogP contribution in [0, 0.1) is 0 Å². The van der Waals surface area contributed by atoms with Gasteiger partial charge in [0.15, 0.2) is 0 Å². The molecule has 1 saturated carbocycles. The molecule has 23 heavy (non-hydrogen) atoms. The number of nitrogens with one attached hydrogen (secondary N) is 1. The van der Waals surface area contributed by atoms with Gasteiger partial charge in [-0.05, 0) is 37.3 Å². The summed E-state index contributed by atoms with van der Waals surface area (Å²) in [5.74, 6) is 0. The first-order valence-corrected chi connectivity index (χ1v) is 8.40. The quantitative estimate of drug-likeness (QED) is 0.877. The van der Waals surface area contributed by atoms with Gasteiger partial charge in [-0.2, -0.15) is 0 Å². The molecule has 1 aliphatic rings. The SMILES string of the molecule is CCN(Cc1ccccc1)C(=O)NC1(c2ccccc2)CCC1. The molecule has 1 fully saturated rings. The van der Waals surface area contributed by atoms with Crippen LogP contribution >= 0.6 is 0 Å². The molecule has 1 aliphatic carbocycles. The molecule has 2 aromatic carbocycles. The minimum Gasteiger partial charge on any atom is -0.328 e. The van der Waals surface area contributed by atoms with E-state index in [1.165, 1.54) is 12.0 Å². The minimum absolute atomic E-state index is 0.0277. The third-order valence-electron chi connectivity index (χ3n) is 4.76. The van der Waals surface area contributed by atoms with Crippen LogP contribution in [0.15, 0.2) is 60.7 Å². The van der Waals surface area contributed by atoms with Gasteiger partial charge >= 0.3 is 6.03 Å². The van der Waals surface area contributed by atoms with Gasteiger partial charge in [0.25, 0.3) is 0 Å². The maximum Gasteiger partial charge on any atom is 0.318 e. The van der Waals surface area contributed by atoms with E-state index in [0.29, 0.717) is 13.1 Å². The van der Waals surface area contributed by atoms with Crippen molar-refractivity contribution in [2.24, 2.45) is 0 Å². The Morgan fingerprint density at radius 2 is 1.65 bits per heavy atom. The van der Waals surface area contributed by atoms with Gasteiger partial charge in [-0.3, -0.25) is 0 Å². The fourth-order valence-electron chi connectivity index (χ4n) is 3.19. The molecular weight excluding hydrogens is 284 g/mol. The fourth-order valence-corrected chi connectivity index (χ4v) is 3.19. The highest BCUT2D eigenvalue weighted by molar-refractivity contribution is 5.75. The lowest BCUT2D eigenvalue weighted by atomic mass is 9.72. The van der Waals surface area contributed by atoms with E-state index >= 15 is 0 Å². The van der Waals surface area contributed by atoms with Crippen LogP contribution in [-0.4, -0.2) is 17.5 Å². The molecule has 0 saturated heterocycles. The summed E-state index contributed by atoms with van der Waals surface area (Å²) in [5, 5.41) is 3.30. The molecule has 1 N–H and O–H groups in total. The van der Waals surface area contributed by atoms with Crippen LogP contribution in [0.5, 0.6) is 0 Å². The minimum atomic E-state index is -0.178. The number of carbonyl (C=O) groups excluding carboxylic acids is 1. The predicted octanol–water partition coefficient (Wildman–Crippen LogP) is 4.30. The molecule has 0 heterocycles. The number of carbonyl (C=O) groups is 1. The van der Waals surface area contributed by atoms with Crippen molar-refractivity contribution < 1.29 is 4.79 Å². The molecule has 2 aromatic rings. The van der Waals surface area contributed by atoms with E-state index in [-0.39, 0.29) is 11.6 Å². The molecular formula is C20H24N2O. The van der Waals surface area contributed by atoms with Crippen molar-refractivity contribution in [2.45, 2.75) is 38.3 Å². The summed E-state index contributed by atoms with van der Waals surface area (Å²) >= 11 is 0. The van der Waals surface area contributed by atoms with Crippen molar-refractivity contribution >= 4 is 6.03 Å².